The monoisotopic (exact) mass is 452 g/mol. The molecule has 7 nitrogen and oxygen atoms in total. The van der Waals surface area contributed by atoms with Crippen LogP contribution in [0.2, 0.25) is 0 Å². The van der Waals surface area contributed by atoms with E-state index in [0.717, 1.165) is 11.1 Å². The third kappa shape index (κ3) is 5.89. The lowest BCUT2D eigenvalue weighted by molar-refractivity contribution is -0.133. The van der Waals surface area contributed by atoms with Crippen LogP contribution in [0.1, 0.15) is 31.8 Å². The van der Waals surface area contributed by atoms with E-state index >= 15 is 0 Å². The highest BCUT2D eigenvalue weighted by molar-refractivity contribution is 6.04. The summed E-state index contributed by atoms with van der Waals surface area (Å²) in [4.78, 5) is 29.4. The van der Waals surface area contributed by atoms with Crippen molar-refractivity contribution in [1.29, 1.82) is 0 Å². The van der Waals surface area contributed by atoms with Gasteiger partial charge in [-0.2, -0.15) is 0 Å². The number of halogens is 2. The van der Waals surface area contributed by atoms with E-state index in [4.69, 9.17) is 10.5 Å². The third-order valence-corrected chi connectivity index (χ3v) is 5.12. The number of anilines is 1. The van der Waals surface area contributed by atoms with Crippen molar-refractivity contribution >= 4 is 17.5 Å². The topological polar surface area (TPSA) is 97.5 Å². The number of hydrogen-bond donors (Lipinski definition) is 2. The highest BCUT2D eigenvalue weighted by Crippen LogP contribution is 2.28. The molecule has 0 spiro atoms. The Morgan fingerprint density at radius 2 is 1.79 bits per heavy atom. The van der Waals surface area contributed by atoms with Gasteiger partial charge in [0.25, 0.3) is 11.8 Å². The van der Waals surface area contributed by atoms with Gasteiger partial charge in [0.05, 0.1) is 24.8 Å². The Bertz CT molecular complexity index is 1160. The maximum atomic E-state index is 13.0. The largest absolute Gasteiger partial charge is 0.487 e. The number of amides is 2. The predicted molar refractivity (Wildman–Crippen MR) is 118 cm³/mol. The zero-order valence-corrected chi connectivity index (χ0v) is 17.6. The second-order valence-corrected chi connectivity index (χ2v) is 7.91. The van der Waals surface area contributed by atoms with Gasteiger partial charge in [0.15, 0.2) is 0 Å². The summed E-state index contributed by atoms with van der Waals surface area (Å²) in [6.07, 6.45) is 2.84. The summed E-state index contributed by atoms with van der Waals surface area (Å²) in [6.45, 7) is 0.167. The van der Waals surface area contributed by atoms with Gasteiger partial charge in [-0.1, -0.05) is 24.3 Å². The van der Waals surface area contributed by atoms with Crippen LogP contribution in [0.3, 0.4) is 0 Å². The number of aromatic nitrogens is 1. The van der Waals surface area contributed by atoms with E-state index in [1.165, 1.54) is 18.5 Å². The maximum absolute atomic E-state index is 13.0. The van der Waals surface area contributed by atoms with Crippen LogP contribution in [0.25, 0.3) is 0 Å². The molecular formula is C24H22F2N4O3. The number of alkyl halides is 2. The van der Waals surface area contributed by atoms with Gasteiger partial charge in [-0.05, 0) is 41.5 Å². The van der Waals surface area contributed by atoms with Gasteiger partial charge < -0.3 is 15.8 Å². The van der Waals surface area contributed by atoms with Crippen LogP contribution in [0, 0.1) is 0 Å². The van der Waals surface area contributed by atoms with Crippen LogP contribution in [0.4, 0.5) is 14.5 Å². The Labute approximate surface area is 189 Å². The molecule has 0 saturated carbocycles. The van der Waals surface area contributed by atoms with Crippen molar-refractivity contribution in [1.82, 2.24) is 9.88 Å². The molecule has 0 unspecified atom stereocenters. The predicted octanol–water partition coefficient (Wildman–Crippen LogP) is 3.46. The van der Waals surface area contributed by atoms with E-state index in [0.29, 0.717) is 23.5 Å². The van der Waals surface area contributed by atoms with Crippen molar-refractivity contribution in [2.45, 2.75) is 19.1 Å². The van der Waals surface area contributed by atoms with Gasteiger partial charge in [0, 0.05) is 24.0 Å². The molecule has 2 heterocycles. The lowest BCUT2D eigenvalue weighted by atomic mass is 10.1. The quantitative estimate of drug-likeness (QED) is 0.546. The lowest BCUT2D eigenvalue weighted by Crippen LogP contribution is -2.55. The molecule has 1 fully saturated rings. The summed E-state index contributed by atoms with van der Waals surface area (Å²) in [6, 6.07) is 15.6. The van der Waals surface area contributed by atoms with Gasteiger partial charge in [-0.15, -0.1) is 0 Å². The zero-order valence-electron chi connectivity index (χ0n) is 17.6. The highest BCUT2D eigenvalue weighted by Gasteiger charge is 2.43. The van der Waals surface area contributed by atoms with Crippen molar-refractivity contribution in [3.05, 3.63) is 89.2 Å². The molecule has 2 amide bonds. The van der Waals surface area contributed by atoms with E-state index in [-0.39, 0.29) is 31.2 Å². The van der Waals surface area contributed by atoms with Crippen molar-refractivity contribution in [3.63, 3.8) is 0 Å². The number of carbonyl (C=O) groups excluding carboxylic acids is 2. The van der Waals surface area contributed by atoms with Crippen molar-refractivity contribution in [3.8, 4) is 5.75 Å². The Kier molecular flexibility index (Phi) is 6.32. The van der Waals surface area contributed by atoms with Gasteiger partial charge in [-0.25, -0.2) is 8.78 Å². The molecule has 33 heavy (non-hydrogen) atoms. The number of hydrogen-bond acceptors (Lipinski definition) is 5. The molecule has 3 N–H and O–H groups in total. The third-order valence-electron chi connectivity index (χ3n) is 5.12. The maximum Gasteiger partial charge on any atom is 0.272 e. The molecule has 1 aromatic heterocycles. The Morgan fingerprint density at radius 3 is 2.48 bits per heavy atom. The molecule has 0 bridgehead atoms. The molecular weight excluding hydrogens is 430 g/mol. The SMILES string of the molecule is NC(=O)c1cncc(OCc2cccc(NC(=O)c3ccc(CN4CC(F)(F)C4)cc3)c2)c1. The fourth-order valence-electron chi connectivity index (χ4n) is 3.48. The minimum atomic E-state index is -2.59. The summed E-state index contributed by atoms with van der Waals surface area (Å²) in [5.74, 6) is -3.06. The number of carbonyl (C=O) groups is 2. The molecule has 2 aromatic carbocycles. The minimum absolute atomic E-state index is 0.206. The summed E-state index contributed by atoms with van der Waals surface area (Å²) in [5, 5.41) is 2.84. The fraction of sp³-hybridized carbons (Fsp3) is 0.208. The molecule has 1 aliphatic heterocycles. The Hall–Kier alpha value is -3.85. The molecule has 3 aromatic rings. The number of likely N-dealkylation sites (tertiary alicyclic amines) is 1. The first kappa shape index (κ1) is 22.3. The van der Waals surface area contributed by atoms with Crippen LogP contribution in [0.15, 0.2) is 67.0 Å². The summed E-state index contributed by atoms with van der Waals surface area (Å²) in [7, 11) is 0. The molecule has 170 valence electrons. The minimum Gasteiger partial charge on any atom is -0.487 e. The van der Waals surface area contributed by atoms with E-state index in [1.54, 1.807) is 47.4 Å². The van der Waals surface area contributed by atoms with Gasteiger partial charge >= 0.3 is 0 Å². The normalized spacial score (nSPS) is 14.8. The molecule has 9 heteroatoms. The number of ether oxygens (including phenoxy) is 1. The number of rotatable bonds is 8. The Morgan fingerprint density at radius 1 is 1.03 bits per heavy atom. The van der Waals surface area contributed by atoms with Crippen LogP contribution < -0.4 is 15.8 Å². The molecule has 0 atom stereocenters. The first-order chi connectivity index (χ1) is 15.8. The van der Waals surface area contributed by atoms with Crippen molar-refractivity contribution in [2.75, 3.05) is 18.4 Å². The second kappa shape index (κ2) is 9.33. The number of benzene rings is 2. The molecule has 1 saturated heterocycles. The summed E-state index contributed by atoms with van der Waals surface area (Å²) < 4.78 is 31.6. The first-order valence-corrected chi connectivity index (χ1v) is 10.2. The number of nitrogens with zero attached hydrogens (tertiary/aromatic N) is 2. The average molecular weight is 452 g/mol. The van der Waals surface area contributed by atoms with Gasteiger partial charge in [0.1, 0.15) is 12.4 Å². The number of nitrogens with one attached hydrogen (secondary N) is 1. The molecule has 4 rings (SSSR count). The van der Waals surface area contributed by atoms with Gasteiger partial charge in [-0.3, -0.25) is 19.5 Å². The standard InChI is InChI=1S/C24H22F2N4O3/c25-24(26)14-30(15-24)12-16-4-6-18(7-5-16)23(32)29-20-3-1-2-17(8-20)13-33-21-9-19(22(27)31)10-28-11-21/h1-11H,12-15H2,(H2,27,31)(H,29,32). The Balaban J connectivity index is 1.32. The van der Waals surface area contributed by atoms with E-state index < -0.39 is 11.8 Å². The lowest BCUT2D eigenvalue weighted by Gasteiger charge is -2.38. The highest BCUT2D eigenvalue weighted by atomic mass is 19.3. The molecule has 0 aliphatic carbocycles. The summed E-state index contributed by atoms with van der Waals surface area (Å²) in [5.41, 5.74) is 8.23. The zero-order chi connectivity index (χ0) is 23.4. The van der Waals surface area contributed by atoms with Crippen LogP contribution >= 0.6 is 0 Å². The van der Waals surface area contributed by atoms with E-state index in [2.05, 4.69) is 10.3 Å². The van der Waals surface area contributed by atoms with Gasteiger partial charge in [0.2, 0.25) is 5.91 Å². The second-order valence-electron chi connectivity index (χ2n) is 7.91. The number of pyridine rings is 1. The van der Waals surface area contributed by atoms with Crippen LogP contribution in [0.5, 0.6) is 5.75 Å². The van der Waals surface area contributed by atoms with Crippen LogP contribution in [-0.2, 0) is 13.2 Å². The van der Waals surface area contributed by atoms with E-state index in [9.17, 15) is 18.4 Å². The van der Waals surface area contributed by atoms with Crippen molar-refractivity contribution in [2.24, 2.45) is 5.73 Å². The first-order valence-electron chi connectivity index (χ1n) is 10.2. The fourth-order valence-corrected chi connectivity index (χ4v) is 3.48. The smallest absolute Gasteiger partial charge is 0.272 e. The van der Waals surface area contributed by atoms with E-state index in [1.807, 2.05) is 6.07 Å². The average Bonchev–Trinajstić information content (AvgIpc) is 2.77. The molecule has 0 radical (unpaired) electrons. The number of nitrogens with two attached hydrogens (primary N) is 1. The van der Waals surface area contributed by atoms with Crippen LogP contribution in [-0.4, -0.2) is 40.7 Å². The summed E-state index contributed by atoms with van der Waals surface area (Å²) >= 11 is 0. The van der Waals surface area contributed by atoms with Crippen molar-refractivity contribution < 1.29 is 23.1 Å². The number of primary amides is 1. The molecule has 1 aliphatic rings.